The number of rotatable bonds is 6. The monoisotopic (exact) mass is 283 g/mol. The van der Waals surface area contributed by atoms with Crippen LogP contribution in [0.5, 0.6) is 5.75 Å². The summed E-state index contributed by atoms with van der Waals surface area (Å²) in [6.45, 7) is 8.42. The lowest BCUT2D eigenvalue weighted by atomic mass is 10.1. The van der Waals surface area contributed by atoms with E-state index in [9.17, 15) is 0 Å². The van der Waals surface area contributed by atoms with Crippen LogP contribution in [0.2, 0.25) is 0 Å². The van der Waals surface area contributed by atoms with Crippen molar-refractivity contribution in [1.82, 2.24) is 0 Å². The fraction of sp³-hybridized carbons (Fsp3) is 0.368. The zero-order valence-corrected chi connectivity index (χ0v) is 13.4. The molecule has 2 rings (SSSR count). The van der Waals surface area contributed by atoms with Crippen LogP contribution in [0.3, 0.4) is 0 Å². The second-order valence-corrected chi connectivity index (χ2v) is 5.65. The van der Waals surface area contributed by atoms with Crippen molar-refractivity contribution in [3.05, 3.63) is 59.7 Å². The van der Waals surface area contributed by atoms with Crippen molar-refractivity contribution in [2.24, 2.45) is 0 Å². The lowest BCUT2D eigenvalue weighted by Gasteiger charge is -2.17. The number of hydrogen-bond donors (Lipinski definition) is 1. The van der Waals surface area contributed by atoms with Gasteiger partial charge in [-0.25, -0.2) is 0 Å². The average Bonchev–Trinajstić information content (AvgIpc) is 2.48. The molecule has 0 spiro atoms. The van der Waals surface area contributed by atoms with Crippen LogP contribution >= 0.6 is 0 Å². The highest BCUT2D eigenvalue weighted by atomic mass is 16.5. The van der Waals surface area contributed by atoms with Crippen molar-refractivity contribution in [1.29, 1.82) is 0 Å². The topological polar surface area (TPSA) is 21.3 Å². The van der Waals surface area contributed by atoms with Gasteiger partial charge in [-0.05, 0) is 62.6 Å². The van der Waals surface area contributed by atoms with E-state index in [1.807, 2.05) is 26.0 Å². The quantitative estimate of drug-likeness (QED) is 0.785. The molecule has 1 N–H and O–H groups in total. The Morgan fingerprint density at radius 2 is 1.52 bits per heavy atom. The predicted molar refractivity (Wildman–Crippen MR) is 90.1 cm³/mol. The van der Waals surface area contributed by atoms with Crippen LogP contribution < -0.4 is 10.1 Å². The third-order valence-corrected chi connectivity index (χ3v) is 3.50. The first kappa shape index (κ1) is 15.4. The molecule has 0 saturated carbocycles. The zero-order chi connectivity index (χ0) is 15.2. The zero-order valence-electron chi connectivity index (χ0n) is 13.4. The number of ether oxygens (including phenoxy) is 1. The van der Waals surface area contributed by atoms with E-state index >= 15 is 0 Å². The minimum atomic E-state index is 0.212. The van der Waals surface area contributed by atoms with Crippen molar-refractivity contribution in [3.63, 3.8) is 0 Å². The van der Waals surface area contributed by atoms with Crippen LogP contribution in [0.25, 0.3) is 0 Å². The SMILES string of the molecule is CCc1ccc(NC(C)c2ccc(OC(C)C)cc2)cc1. The molecule has 0 amide bonds. The van der Waals surface area contributed by atoms with Gasteiger partial charge in [0.15, 0.2) is 0 Å². The molecule has 21 heavy (non-hydrogen) atoms. The molecule has 0 aliphatic heterocycles. The number of anilines is 1. The Hall–Kier alpha value is -1.96. The van der Waals surface area contributed by atoms with Gasteiger partial charge in [-0.3, -0.25) is 0 Å². The van der Waals surface area contributed by atoms with Crippen LogP contribution in [0.1, 0.15) is 44.9 Å². The molecule has 2 heteroatoms. The van der Waals surface area contributed by atoms with Crippen LogP contribution in [-0.2, 0) is 6.42 Å². The van der Waals surface area contributed by atoms with Crippen LogP contribution in [-0.4, -0.2) is 6.10 Å². The molecule has 2 aromatic rings. The Bertz CT molecular complexity index is 543. The highest BCUT2D eigenvalue weighted by Crippen LogP contribution is 2.22. The molecule has 112 valence electrons. The first-order chi connectivity index (χ1) is 10.1. The molecule has 2 nitrogen and oxygen atoms in total. The van der Waals surface area contributed by atoms with Crippen molar-refractivity contribution in [3.8, 4) is 5.75 Å². The average molecular weight is 283 g/mol. The fourth-order valence-corrected chi connectivity index (χ4v) is 2.28. The summed E-state index contributed by atoms with van der Waals surface area (Å²) in [4.78, 5) is 0. The molecule has 0 aliphatic rings. The Balaban J connectivity index is 2.00. The van der Waals surface area contributed by atoms with E-state index in [1.165, 1.54) is 11.1 Å². The van der Waals surface area contributed by atoms with E-state index in [1.54, 1.807) is 0 Å². The smallest absolute Gasteiger partial charge is 0.119 e. The van der Waals surface area contributed by atoms with E-state index in [2.05, 4.69) is 55.6 Å². The van der Waals surface area contributed by atoms with Gasteiger partial charge in [-0.15, -0.1) is 0 Å². The van der Waals surface area contributed by atoms with E-state index in [-0.39, 0.29) is 12.1 Å². The second-order valence-electron chi connectivity index (χ2n) is 5.65. The molecule has 1 unspecified atom stereocenters. The van der Waals surface area contributed by atoms with Crippen LogP contribution in [0.4, 0.5) is 5.69 Å². The molecular formula is C19H25NO. The number of aryl methyl sites for hydroxylation is 1. The number of nitrogens with one attached hydrogen (secondary N) is 1. The highest BCUT2D eigenvalue weighted by molar-refractivity contribution is 5.47. The Kier molecular flexibility index (Phi) is 5.26. The Morgan fingerprint density at radius 3 is 2.05 bits per heavy atom. The Labute approximate surface area is 128 Å². The molecule has 2 aromatic carbocycles. The Morgan fingerprint density at radius 1 is 0.905 bits per heavy atom. The van der Waals surface area contributed by atoms with E-state index in [4.69, 9.17) is 4.74 Å². The summed E-state index contributed by atoms with van der Waals surface area (Å²) in [7, 11) is 0. The standard InChI is InChI=1S/C19H25NO/c1-5-16-6-10-18(11-7-16)20-15(4)17-8-12-19(13-9-17)21-14(2)3/h6-15,20H,5H2,1-4H3. The van der Waals surface area contributed by atoms with Crippen molar-refractivity contribution < 1.29 is 4.74 Å². The molecule has 0 aromatic heterocycles. The van der Waals surface area contributed by atoms with Gasteiger partial charge in [-0.2, -0.15) is 0 Å². The maximum Gasteiger partial charge on any atom is 0.119 e. The lowest BCUT2D eigenvalue weighted by molar-refractivity contribution is 0.242. The number of benzene rings is 2. The lowest BCUT2D eigenvalue weighted by Crippen LogP contribution is -2.08. The maximum atomic E-state index is 5.67. The molecule has 0 bridgehead atoms. The number of hydrogen-bond acceptors (Lipinski definition) is 2. The minimum Gasteiger partial charge on any atom is -0.491 e. The molecule has 1 atom stereocenters. The second kappa shape index (κ2) is 7.16. The largest absolute Gasteiger partial charge is 0.491 e. The summed E-state index contributed by atoms with van der Waals surface area (Å²) >= 11 is 0. The molecule has 0 heterocycles. The van der Waals surface area contributed by atoms with Gasteiger partial charge < -0.3 is 10.1 Å². The molecule has 0 radical (unpaired) electrons. The van der Waals surface area contributed by atoms with Crippen molar-refractivity contribution in [2.75, 3.05) is 5.32 Å². The molecule has 0 saturated heterocycles. The van der Waals surface area contributed by atoms with Gasteiger partial charge in [0, 0.05) is 11.7 Å². The predicted octanol–water partition coefficient (Wildman–Crippen LogP) is 5.21. The maximum absolute atomic E-state index is 5.67. The summed E-state index contributed by atoms with van der Waals surface area (Å²) in [5, 5.41) is 3.53. The normalized spacial score (nSPS) is 12.2. The van der Waals surface area contributed by atoms with E-state index in [0.29, 0.717) is 0 Å². The summed E-state index contributed by atoms with van der Waals surface area (Å²) in [5.74, 6) is 0.924. The van der Waals surface area contributed by atoms with E-state index < -0.39 is 0 Å². The first-order valence-electron chi connectivity index (χ1n) is 7.70. The summed E-state index contributed by atoms with van der Waals surface area (Å²) in [6, 6.07) is 17.2. The van der Waals surface area contributed by atoms with Crippen LogP contribution in [0.15, 0.2) is 48.5 Å². The van der Waals surface area contributed by atoms with Crippen molar-refractivity contribution >= 4 is 5.69 Å². The highest BCUT2D eigenvalue weighted by Gasteiger charge is 2.06. The summed E-state index contributed by atoms with van der Waals surface area (Å²) in [5.41, 5.74) is 3.77. The van der Waals surface area contributed by atoms with Crippen LogP contribution in [0, 0.1) is 0 Å². The first-order valence-corrected chi connectivity index (χ1v) is 7.70. The molecular weight excluding hydrogens is 258 g/mol. The molecule has 0 aliphatic carbocycles. The fourth-order valence-electron chi connectivity index (χ4n) is 2.28. The van der Waals surface area contributed by atoms with Gasteiger partial charge in [0.2, 0.25) is 0 Å². The van der Waals surface area contributed by atoms with Gasteiger partial charge >= 0.3 is 0 Å². The van der Waals surface area contributed by atoms with Gasteiger partial charge in [0.1, 0.15) is 5.75 Å². The third kappa shape index (κ3) is 4.52. The van der Waals surface area contributed by atoms with Gasteiger partial charge in [-0.1, -0.05) is 31.2 Å². The van der Waals surface area contributed by atoms with Crippen molar-refractivity contribution in [2.45, 2.75) is 46.3 Å². The third-order valence-electron chi connectivity index (χ3n) is 3.50. The summed E-state index contributed by atoms with van der Waals surface area (Å²) in [6.07, 6.45) is 1.29. The van der Waals surface area contributed by atoms with Gasteiger partial charge in [0.25, 0.3) is 0 Å². The summed E-state index contributed by atoms with van der Waals surface area (Å²) < 4.78 is 5.67. The minimum absolute atomic E-state index is 0.212. The van der Waals surface area contributed by atoms with Gasteiger partial charge in [0.05, 0.1) is 6.10 Å². The van der Waals surface area contributed by atoms with E-state index in [0.717, 1.165) is 17.9 Å². The molecule has 0 fully saturated rings.